The Balaban J connectivity index is 1.79. The molecule has 1 saturated heterocycles. The second-order valence-electron chi connectivity index (χ2n) is 6.65. The first kappa shape index (κ1) is 18.8. The van der Waals surface area contributed by atoms with Gasteiger partial charge in [0.25, 0.3) is 0 Å². The first-order valence-corrected chi connectivity index (χ1v) is 9.34. The lowest BCUT2D eigenvalue weighted by atomic mass is 9.99. The average molecular weight is 370 g/mol. The Hall–Kier alpha value is -2.96. The van der Waals surface area contributed by atoms with Gasteiger partial charge in [0.1, 0.15) is 5.75 Å². The van der Waals surface area contributed by atoms with E-state index in [1.54, 1.807) is 4.90 Å². The number of hydrogen-bond donors (Lipinski definition) is 2. The van der Waals surface area contributed by atoms with Gasteiger partial charge in [0, 0.05) is 37.1 Å². The second-order valence-corrected chi connectivity index (χ2v) is 6.65. The highest BCUT2D eigenvalue weighted by atomic mass is 16.5. The molecule has 144 valence electrons. The van der Waals surface area contributed by atoms with Gasteiger partial charge in [-0.3, -0.25) is 4.79 Å². The third-order valence-corrected chi connectivity index (χ3v) is 4.72. The minimum Gasteiger partial charge on any atom is -0.492 e. The predicted molar refractivity (Wildman–Crippen MR) is 104 cm³/mol. The molecule has 7 heteroatoms. The standard InChI is InChI=1S/C20H26N4O3/c1-2-27-18-9-8-15(13-17(18)23-10-5-6-11-23)22-20(26)24-12-4-3-7-16(24)14-19(21)25/h5-6,8-11,13,16H,2-4,7,12,14H2,1H3,(H2,21,25)(H,22,26)/t16-/m0/s1. The zero-order valence-corrected chi connectivity index (χ0v) is 15.6. The Morgan fingerprint density at radius 3 is 2.74 bits per heavy atom. The molecule has 1 fully saturated rings. The van der Waals surface area contributed by atoms with Crippen LogP contribution in [-0.2, 0) is 4.79 Å². The number of urea groups is 1. The summed E-state index contributed by atoms with van der Waals surface area (Å²) in [6.07, 6.45) is 6.79. The second kappa shape index (κ2) is 8.62. The number of carbonyl (C=O) groups is 2. The number of rotatable bonds is 6. The van der Waals surface area contributed by atoms with Gasteiger partial charge in [0.05, 0.1) is 12.3 Å². The lowest BCUT2D eigenvalue weighted by Crippen LogP contribution is -2.47. The zero-order chi connectivity index (χ0) is 19.2. The highest BCUT2D eigenvalue weighted by Gasteiger charge is 2.28. The number of hydrogen-bond acceptors (Lipinski definition) is 3. The number of benzene rings is 1. The van der Waals surface area contributed by atoms with E-state index in [1.165, 1.54) is 0 Å². The number of piperidine rings is 1. The summed E-state index contributed by atoms with van der Waals surface area (Å²) >= 11 is 0. The normalized spacial score (nSPS) is 16.8. The van der Waals surface area contributed by atoms with Gasteiger partial charge in [-0.25, -0.2) is 4.79 Å². The smallest absolute Gasteiger partial charge is 0.322 e. The molecule has 3 N–H and O–H groups in total. The van der Waals surface area contributed by atoms with Gasteiger partial charge >= 0.3 is 6.03 Å². The molecular formula is C20H26N4O3. The zero-order valence-electron chi connectivity index (χ0n) is 15.6. The van der Waals surface area contributed by atoms with Crippen molar-refractivity contribution < 1.29 is 14.3 Å². The fraction of sp³-hybridized carbons (Fsp3) is 0.400. The van der Waals surface area contributed by atoms with Gasteiger partial charge in [-0.15, -0.1) is 0 Å². The van der Waals surface area contributed by atoms with Gasteiger partial charge in [-0.05, 0) is 56.5 Å². The minimum atomic E-state index is -0.379. The van der Waals surface area contributed by atoms with Crippen LogP contribution >= 0.6 is 0 Å². The quantitative estimate of drug-likeness (QED) is 0.818. The van der Waals surface area contributed by atoms with Crippen molar-refractivity contribution in [1.29, 1.82) is 0 Å². The van der Waals surface area contributed by atoms with Gasteiger partial charge in [0.15, 0.2) is 0 Å². The SMILES string of the molecule is CCOc1ccc(NC(=O)N2CCCC[C@H]2CC(N)=O)cc1-n1cccc1. The van der Waals surface area contributed by atoms with Crippen molar-refractivity contribution in [3.63, 3.8) is 0 Å². The van der Waals surface area contributed by atoms with Crippen molar-refractivity contribution in [3.8, 4) is 11.4 Å². The van der Waals surface area contributed by atoms with Crippen LogP contribution in [0.4, 0.5) is 10.5 Å². The van der Waals surface area contributed by atoms with E-state index in [4.69, 9.17) is 10.5 Å². The largest absolute Gasteiger partial charge is 0.492 e. The molecule has 0 bridgehead atoms. The molecule has 0 spiro atoms. The number of carbonyl (C=O) groups excluding carboxylic acids is 2. The van der Waals surface area contributed by atoms with Crippen molar-refractivity contribution in [1.82, 2.24) is 9.47 Å². The monoisotopic (exact) mass is 370 g/mol. The molecule has 2 heterocycles. The molecule has 1 aliphatic heterocycles. The minimum absolute atomic E-state index is 0.136. The highest BCUT2D eigenvalue weighted by molar-refractivity contribution is 5.90. The van der Waals surface area contributed by atoms with E-state index in [2.05, 4.69) is 5.32 Å². The van der Waals surface area contributed by atoms with Crippen molar-refractivity contribution in [2.45, 2.75) is 38.6 Å². The van der Waals surface area contributed by atoms with Gasteiger partial charge in [-0.1, -0.05) is 0 Å². The van der Waals surface area contributed by atoms with Gasteiger partial charge in [0.2, 0.25) is 5.91 Å². The fourth-order valence-corrected chi connectivity index (χ4v) is 3.48. The van der Waals surface area contributed by atoms with Gasteiger partial charge < -0.3 is 25.3 Å². The Morgan fingerprint density at radius 2 is 2.04 bits per heavy atom. The van der Waals surface area contributed by atoms with Crippen LogP contribution < -0.4 is 15.8 Å². The van der Waals surface area contributed by atoms with Crippen LogP contribution in [0.1, 0.15) is 32.6 Å². The molecule has 1 aliphatic rings. The maximum absolute atomic E-state index is 12.8. The Bertz CT molecular complexity index is 789. The molecule has 0 unspecified atom stereocenters. The number of likely N-dealkylation sites (tertiary alicyclic amines) is 1. The van der Waals surface area contributed by atoms with E-state index in [0.29, 0.717) is 18.8 Å². The molecule has 0 aliphatic carbocycles. The fourth-order valence-electron chi connectivity index (χ4n) is 3.48. The summed E-state index contributed by atoms with van der Waals surface area (Å²) in [5, 5.41) is 2.95. The lowest BCUT2D eigenvalue weighted by molar-refractivity contribution is -0.119. The molecule has 3 amide bonds. The summed E-state index contributed by atoms with van der Waals surface area (Å²) in [5.41, 5.74) is 6.87. The first-order chi connectivity index (χ1) is 13.1. The molecular weight excluding hydrogens is 344 g/mol. The summed E-state index contributed by atoms with van der Waals surface area (Å²) in [6.45, 7) is 3.12. The Morgan fingerprint density at radius 1 is 1.26 bits per heavy atom. The Kier molecular flexibility index (Phi) is 6.01. The number of primary amides is 1. The summed E-state index contributed by atoms with van der Waals surface area (Å²) in [5.74, 6) is 0.368. The summed E-state index contributed by atoms with van der Waals surface area (Å²) < 4.78 is 7.64. The van der Waals surface area contributed by atoms with Crippen LogP contribution in [-0.4, -0.2) is 40.6 Å². The molecule has 1 aromatic heterocycles. The van der Waals surface area contributed by atoms with Crippen LogP contribution in [0, 0.1) is 0 Å². The third kappa shape index (κ3) is 4.61. The summed E-state index contributed by atoms with van der Waals surface area (Å²) in [6, 6.07) is 9.09. The molecule has 2 aromatic rings. The van der Waals surface area contributed by atoms with E-state index in [9.17, 15) is 9.59 Å². The van der Waals surface area contributed by atoms with Gasteiger partial charge in [-0.2, -0.15) is 0 Å². The Labute approximate surface area is 159 Å². The number of anilines is 1. The van der Waals surface area contributed by atoms with Crippen LogP contribution in [0.3, 0.4) is 0 Å². The maximum atomic E-state index is 12.8. The number of amides is 3. The molecule has 0 radical (unpaired) electrons. The number of nitrogens with zero attached hydrogens (tertiary/aromatic N) is 2. The third-order valence-electron chi connectivity index (χ3n) is 4.72. The van der Waals surface area contributed by atoms with Crippen LogP contribution in [0.2, 0.25) is 0 Å². The van der Waals surface area contributed by atoms with E-state index in [-0.39, 0.29) is 24.4 Å². The number of aromatic nitrogens is 1. The highest BCUT2D eigenvalue weighted by Crippen LogP contribution is 2.28. The molecule has 27 heavy (non-hydrogen) atoms. The van der Waals surface area contributed by atoms with Crippen LogP contribution in [0.15, 0.2) is 42.7 Å². The van der Waals surface area contributed by atoms with E-state index >= 15 is 0 Å². The number of nitrogens with two attached hydrogens (primary N) is 1. The van der Waals surface area contributed by atoms with E-state index < -0.39 is 0 Å². The lowest BCUT2D eigenvalue weighted by Gasteiger charge is -2.35. The van der Waals surface area contributed by atoms with Crippen molar-refractivity contribution in [2.24, 2.45) is 5.73 Å². The molecule has 0 saturated carbocycles. The van der Waals surface area contributed by atoms with E-state index in [1.807, 2.05) is 54.2 Å². The average Bonchev–Trinajstić information content (AvgIpc) is 3.17. The molecule has 7 nitrogen and oxygen atoms in total. The topological polar surface area (TPSA) is 89.6 Å². The molecule has 1 aromatic carbocycles. The summed E-state index contributed by atoms with van der Waals surface area (Å²) in [4.78, 5) is 25.8. The van der Waals surface area contributed by atoms with Crippen LogP contribution in [0.25, 0.3) is 5.69 Å². The molecule has 1 atom stereocenters. The number of nitrogens with one attached hydrogen (secondary N) is 1. The van der Waals surface area contributed by atoms with Crippen molar-refractivity contribution >= 4 is 17.6 Å². The van der Waals surface area contributed by atoms with Crippen LogP contribution in [0.5, 0.6) is 5.75 Å². The predicted octanol–water partition coefficient (Wildman–Crippen LogP) is 3.14. The summed E-state index contributed by atoms with van der Waals surface area (Å²) in [7, 11) is 0. The van der Waals surface area contributed by atoms with Crippen molar-refractivity contribution in [3.05, 3.63) is 42.7 Å². The number of ether oxygens (including phenoxy) is 1. The maximum Gasteiger partial charge on any atom is 0.322 e. The first-order valence-electron chi connectivity index (χ1n) is 9.34. The van der Waals surface area contributed by atoms with Crippen molar-refractivity contribution in [2.75, 3.05) is 18.5 Å². The van der Waals surface area contributed by atoms with E-state index in [0.717, 1.165) is 30.7 Å². The molecule has 3 rings (SSSR count).